The van der Waals surface area contributed by atoms with Gasteiger partial charge in [-0.25, -0.2) is 4.98 Å². The minimum atomic E-state index is -0.414. The first-order valence-corrected chi connectivity index (χ1v) is 6.14. The fourth-order valence-corrected chi connectivity index (χ4v) is 1.89. The summed E-state index contributed by atoms with van der Waals surface area (Å²) in [5, 5.41) is 14.0. The lowest BCUT2D eigenvalue weighted by Crippen LogP contribution is -2.10. The van der Waals surface area contributed by atoms with Crippen molar-refractivity contribution in [2.45, 2.75) is 6.42 Å². The molecule has 1 aromatic carbocycles. The number of nitrogens with one attached hydrogen (secondary N) is 1. The van der Waals surface area contributed by atoms with Crippen molar-refractivity contribution in [2.24, 2.45) is 7.05 Å². The Morgan fingerprint density at radius 3 is 2.90 bits per heavy atom. The summed E-state index contributed by atoms with van der Waals surface area (Å²) in [5.41, 5.74) is 0.481. The summed E-state index contributed by atoms with van der Waals surface area (Å²) in [4.78, 5) is 14.8. The average Bonchev–Trinajstić information content (AvgIpc) is 2.84. The molecular weight excluding hydrogens is 260 g/mol. The zero-order valence-corrected chi connectivity index (χ0v) is 11.4. The molecule has 1 aromatic heterocycles. The number of ether oxygens (including phenoxy) is 1. The molecule has 0 saturated heterocycles. The van der Waals surface area contributed by atoms with E-state index in [1.54, 1.807) is 18.3 Å². The van der Waals surface area contributed by atoms with Crippen LogP contribution in [-0.4, -0.2) is 28.1 Å². The van der Waals surface area contributed by atoms with Crippen LogP contribution < -0.4 is 10.1 Å². The molecule has 0 atom stereocenters. The number of imidazole rings is 1. The SMILES string of the molecule is COc1ccc([N+](=O)[O-])c(NCCc2nccn2C)c1. The highest BCUT2D eigenvalue weighted by atomic mass is 16.6. The number of nitro benzene ring substituents is 1. The van der Waals surface area contributed by atoms with Gasteiger partial charge >= 0.3 is 0 Å². The number of rotatable bonds is 6. The molecule has 0 aliphatic carbocycles. The average molecular weight is 276 g/mol. The molecule has 106 valence electrons. The lowest BCUT2D eigenvalue weighted by molar-refractivity contribution is -0.384. The van der Waals surface area contributed by atoms with Gasteiger partial charge in [0.2, 0.25) is 0 Å². The molecule has 0 radical (unpaired) electrons. The van der Waals surface area contributed by atoms with E-state index in [9.17, 15) is 10.1 Å². The normalized spacial score (nSPS) is 10.3. The number of benzene rings is 1. The zero-order chi connectivity index (χ0) is 14.5. The van der Waals surface area contributed by atoms with Crippen molar-refractivity contribution >= 4 is 11.4 Å². The standard InChI is InChI=1S/C13H16N4O3/c1-16-8-7-15-13(16)5-6-14-11-9-10(20-2)3-4-12(11)17(18)19/h3-4,7-9,14H,5-6H2,1-2H3. The Bertz CT molecular complexity index is 609. The first-order chi connectivity index (χ1) is 9.61. The smallest absolute Gasteiger partial charge is 0.292 e. The van der Waals surface area contributed by atoms with Crippen molar-refractivity contribution in [3.63, 3.8) is 0 Å². The molecule has 20 heavy (non-hydrogen) atoms. The van der Waals surface area contributed by atoms with Crippen LogP contribution in [-0.2, 0) is 13.5 Å². The van der Waals surface area contributed by atoms with Crippen molar-refractivity contribution < 1.29 is 9.66 Å². The van der Waals surface area contributed by atoms with E-state index in [1.807, 2.05) is 17.8 Å². The first-order valence-electron chi connectivity index (χ1n) is 6.14. The number of methoxy groups -OCH3 is 1. The van der Waals surface area contributed by atoms with E-state index in [1.165, 1.54) is 13.2 Å². The third-order valence-corrected chi connectivity index (χ3v) is 2.99. The first kappa shape index (κ1) is 13.9. The van der Waals surface area contributed by atoms with E-state index in [0.29, 0.717) is 24.4 Å². The third-order valence-electron chi connectivity index (χ3n) is 2.99. The Kier molecular flexibility index (Phi) is 4.19. The summed E-state index contributed by atoms with van der Waals surface area (Å²) < 4.78 is 7.00. The summed E-state index contributed by atoms with van der Waals surface area (Å²) >= 11 is 0. The van der Waals surface area contributed by atoms with Gasteiger partial charge in [-0.05, 0) is 6.07 Å². The summed E-state index contributed by atoms with van der Waals surface area (Å²) in [6.07, 6.45) is 4.27. The Labute approximate surface area is 116 Å². The fourth-order valence-electron chi connectivity index (χ4n) is 1.89. The molecule has 0 aliphatic heterocycles. The molecule has 0 fully saturated rings. The van der Waals surface area contributed by atoms with Crippen LogP contribution >= 0.6 is 0 Å². The largest absolute Gasteiger partial charge is 0.497 e. The van der Waals surface area contributed by atoms with Crippen LogP contribution in [0, 0.1) is 10.1 Å². The van der Waals surface area contributed by atoms with Gasteiger partial charge in [0.15, 0.2) is 0 Å². The molecule has 0 amide bonds. The second kappa shape index (κ2) is 6.05. The van der Waals surface area contributed by atoms with Gasteiger partial charge in [0.1, 0.15) is 17.3 Å². The summed E-state index contributed by atoms with van der Waals surface area (Å²) in [6, 6.07) is 4.63. The van der Waals surface area contributed by atoms with Crippen molar-refractivity contribution in [1.29, 1.82) is 0 Å². The van der Waals surface area contributed by atoms with Crippen molar-refractivity contribution in [1.82, 2.24) is 9.55 Å². The number of aromatic nitrogens is 2. The second-order valence-electron chi connectivity index (χ2n) is 4.27. The molecule has 7 heteroatoms. The number of nitro groups is 1. The number of anilines is 1. The molecule has 2 aromatic rings. The predicted molar refractivity (Wildman–Crippen MR) is 75.1 cm³/mol. The van der Waals surface area contributed by atoms with E-state index >= 15 is 0 Å². The van der Waals surface area contributed by atoms with Crippen molar-refractivity contribution in [2.75, 3.05) is 19.0 Å². The minimum Gasteiger partial charge on any atom is -0.497 e. The third kappa shape index (κ3) is 3.05. The van der Waals surface area contributed by atoms with Crippen LogP contribution in [0.25, 0.3) is 0 Å². The molecule has 0 saturated carbocycles. The maximum absolute atomic E-state index is 11.0. The number of aryl methyl sites for hydroxylation is 1. The molecule has 1 heterocycles. The van der Waals surface area contributed by atoms with E-state index in [0.717, 1.165) is 5.82 Å². The highest BCUT2D eigenvalue weighted by Gasteiger charge is 2.14. The number of hydrogen-bond donors (Lipinski definition) is 1. The van der Waals surface area contributed by atoms with Crippen molar-refractivity contribution in [3.8, 4) is 5.75 Å². The van der Waals surface area contributed by atoms with E-state index in [4.69, 9.17) is 4.74 Å². The molecule has 2 rings (SSSR count). The monoisotopic (exact) mass is 276 g/mol. The van der Waals surface area contributed by atoms with Crippen LogP contribution in [0.5, 0.6) is 5.75 Å². The molecule has 7 nitrogen and oxygen atoms in total. The van der Waals surface area contributed by atoms with Crippen LogP contribution in [0.15, 0.2) is 30.6 Å². The molecular formula is C13H16N4O3. The van der Waals surface area contributed by atoms with E-state index in [2.05, 4.69) is 10.3 Å². The van der Waals surface area contributed by atoms with E-state index in [-0.39, 0.29) is 5.69 Å². The molecule has 0 aliphatic rings. The highest BCUT2D eigenvalue weighted by molar-refractivity contribution is 5.64. The van der Waals surface area contributed by atoms with Gasteiger partial charge in [-0.1, -0.05) is 0 Å². The molecule has 0 spiro atoms. The summed E-state index contributed by atoms with van der Waals surface area (Å²) in [5.74, 6) is 1.50. The maximum Gasteiger partial charge on any atom is 0.292 e. The number of nitrogens with zero attached hydrogens (tertiary/aromatic N) is 3. The van der Waals surface area contributed by atoms with Gasteiger partial charge < -0.3 is 14.6 Å². The van der Waals surface area contributed by atoms with Gasteiger partial charge in [-0.15, -0.1) is 0 Å². The van der Waals surface area contributed by atoms with Crippen LogP contribution in [0.3, 0.4) is 0 Å². The highest BCUT2D eigenvalue weighted by Crippen LogP contribution is 2.28. The molecule has 0 bridgehead atoms. The van der Waals surface area contributed by atoms with Gasteiger partial charge in [0.05, 0.1) is 12.0 Å². The molecule has 0 unspecified atom stereocenters. The Morgan fingerprint density at radius 2 is 2.30 bits per heavy atom. The van der Waals surface area contributed by atoms with Crippen LogP contribution in [0.4, 0.5) is 11.4 Å². The fraction of sp³-hybridized carbons (Fsp3) is 0.308. The maximum atomic E-state index is 11.0. The number of hydrogen-bond acceptors (Lipinski definition) is 5. The Morgan fingerprint density at radius 1 is 1.50 bits per heavy atom. The lowest BCUT2D eigenvalue weighted by atomic mass is 10.2. The zero-order valence-electron chi connectivity index (χ0n) is 11.4. The van der Waals surface area contributed by atoms with Crippen LogP contribution in [0.2, 0.25) is 0 Å². The predicted octanol–water partition coefficient (Wildman–Crippen LogP) is 1.99. The Balaban J connectivity index is 2.07. The van der Waals surface area contributed by atoms with Crippen molar-refractivity contribution in [3.05, 3.63) is 46.5 Å². The second-order valence-corrected chi connectivity index (χ2v) is 4.27. The minimum absolute atomic E-state index is 0.0330. The Hall–Kier alpha value is -2.57. The lowest BCUT2D eigenvalue weighted by Gasteiger charge is -2.09. The summed E-state index contributed by atoms with van der Waals surface area (Å²) in [6.45, 7) is 0.554. The van der Waals surface area contributed by atoms with Gasteiger partial charge in [-0.3, -0.25) is 10.1 Å². The van der Waals surface area contributed by atoms with Gasteiger partial charge in [-0.2, -0.15) is 0 Å². The summed E-state index contributed by atoms with van der Waals surface area (Å²) in [7, 11) is 3.44. The quantitative estimate of drug-likeness (QED) is 0.644. The topological polar surface area (TPSA) is 82.2 Å². The van der Waals surface area contributed by atoms with Crippen LogP contribution in [0.1, 0.15) is 5.82 Å². The van der Waals surface area contributed by atoms with Gasteiger partial charge in [0.25, 0.3) is 5.69 Å². The van der Waals surface area contributed by atoms with Gasteiger partial charge in [0, 0.05) is 44.5 Å². The van der Waals surface area contributed by atoms with E-state index < -0.39 is 4.92 Å². The molecule has 1 N–H and O–H groups in total.